The van der Waals surface area contributed by atoms with Gasteiger partial charge in [0.2, 0.25) is 0 Å². The topological polar surface area (TPSA) is 90.5 Å². The number of carbonyl (C=O) groups is 1. The second-order valence-electron chi connectivity index (χ2n) is 6.06. The highest BCUT2D eigenvalue weighted by molar-refractivity contribution is 6.04. The number of nitrogens with one attached hydrogen (secondary N) is 1. The summed E-state index contributed by atoms with van der Waals surface area (Å²) >= 11 is 0. The average Bonchev–Trinajstić information content (AvgIpc) is 3.34. The Morgan fingerprint density at radius 1 is 1.11 bits per heavy atom. The zero-order valence-electron chi connectivity index (χ0n) is 14.6. The van der Waals surface area contributed by atoms with Gasteiger partial charge in [0.1, 0.15) is 0 Å². The van der Waals surface area contributed by atoms with Crippen LogP contribution in [-0.2, 0) is 13.6 Å². The van der Waals surface area contributed by atoms with E-state index in [-0.39, 0.29) is 5.91 Å². The maximum atomic E-state index is 12.5. The van der Waals surface area contributed by atoms with Crippen LogP contribution in [0.4, 0.5) is 5.69 Å². The first-order valence-corrected chi connectivity index (χ1v) is 8.39. The van der Waals surface area contributed by atoms with Crippen LogP contribution in [0.3, 0.4) is 0 Å². The van der Waals surface area contributed by atoms with Crippen LogP contribution in [0.1, 0.15) is 15.9 Å². The van der Waals surface area contributed by atoms with Crippen LogP contribution in [0.25, 0.3) is 11.4 Å². The van der Waals surface area contributed by atoms with Gasteiger partial charge >= 0.3 is 0 Å². The lowest BCUT2D eigenvalue weighted by molar-refractivity contribution is 0.102. The van der Waals surface area contributed by atoms with Crippen molar-refractivity contribution < 1.29 is 4.79 Å². The molecule has 0 radical (unpaired) electrons. The molecule has 0 saturated heterocycles. The molecular formula is C19H17N7O. The lowest BCUT2D eigenvalue weighted by Crippen LogP contribution is -2.12. The van der Waals surface area contributed by atoms with Crippen molar-refractivity contribution in [1.29, 1.82) is 0 Å². The fraction of sp³-hybridized carbons (Fsp3) is 0.105. The number of hydrogen-bond acceptors (Lipinski definition) is 5. The molecule has 0 aliphatic carbocycles. The van der Waals surface area contributed by atoms with E-state index in [1.165, 1.54) is 0 Å². The zero-order chi connectivity index (χ0) is 18.6. The molecule has 0 bridgehead atoms. The van der Waals surface area contributed by atoms with Gasteiger partial charge in [0.25, 0.3) is 5.91 Å². The van der Waals surface area contributed by atoms with E-state index in [1.807, 2.05) is 65.5 Å². The predicted molar refractivity (Wildman–Crippen MR) is 100.0 cm³/mol. The number of rotatable bonds is 5. The lowest BCUT2D eigenvalue weighted by Gasteiger charge is -2.08. The van der Waals surface area contributed by atoms with Gasteiger partial charge in [-0.1, -0.05) is 24.3 Å². The van der Waals surface area contributed by atoms with Crippen molar-refractivity contribution in [2.75, 3.05) is 5.32 Å². The van der Waals surface area contributed by atoms with E-state index in [4.69, 9.17) is 0 Å². The molecule has 1 N–H and O–H groups in total. The Morgan fingerprint density at radius 3 is 2.67 bits per heavy atom. The number of carbonyl (C=O) groups excluding carboxylic acids is 1. The number of tetrazole rings is 1. The van der Waals surface area contributed by atoms with E-state index in [0.717, 1.165) is 11.1 Å². The maximum absolute atomic E-state index is 12.5. The van der Waals surface area contributed by atoms with Crippen LogP contribution < -0.4 is 5.32 Å². The van der Waals surface area contributed by atoms with Gasteiger partial charge in [0, 0.05) is 36.3 Å². The van der Waals surface area contributed by atoms with Gasteiger partial charge in [-0.2, -0.15) is 5.10 Å². The van der Waals surface area contributed by atoms with E-state index >= 15 is 0 Å². The molecule has 0 unspecified atom stereocenters. The van der Waals surface area contributed by atoms with Gasteiger partial charge in [0.15, 0.2) is 5.82 Å². The minimum absolute atomic E-state index is 0.172. The van der Waals surface area contributed by atoms with Crippen molar-refractivity contribution >= 4 is 11.6 Å². The quantitative estimate of drug-likeness (QED) is 0.591. The molecule has 134 valence electrons. The van der Waals surface area contributed by atoms with Crippen LogP contribution in [0.15, 0.2) is 67.0 Å². The van der Waals surface area contributed by atoms with Crippen LogP contribution in [0, 0.1) is 0 Å². The third-order valence-corrected chi connectivity index (χ3v) is 4.12. The fourth-order valence-corrected chi connectivity index (χ4v) is 2.76. The van der Waals surface area contributed by atoms with Crippen LogP contribution in [0.5, 0.6) is 0 Å². The molecule has 2 aromatic carbocycles. The smallest absolute Gasteiger partial charge is 0.255 e. The molecule has 8 nitrogen and oxygen atoms in total. The molecule has 2 heterocycles. The van der Waals surface area contributed by atoms with Crippen molar-refractivity contribution in [1.82, 2.24) is 30.0 Å². The van der Waals surface area contributed by atoms with Crippen LogP contribution in [0.2, 0.25) is 0 Å². The Balaban J connectivity index is 1.47. The van der Waals surface area contributed by atoms with Gasteiger partial charge in [-0.3, -0.25) is 9.48 Å². The Bertz CT molecular complexity index is 1050. The molecule has 27 heavy (non-hydrogen) atoms. The van der Waals surface area contributed by atoms with Crippen molar-refractivity contribution in [3.8, 4) is 11.4 Å². The molecule has 0 spiro atoms. The third-order valence-electron chi connectivity index (χ3n) is 4.12. The van der Waals surface area contributed by atoms with Gasteiger partial charge in [-0.15, -0.1) is 5.10 Å². The molecule has 4 rings (SSSR count). The number of aromatic nitrogens is 6. The van der Waals surface area contributed by atoms with Crippen molar-refractivity contribution in [2.24, 2.45) is 7.05 Å². The highest BCUT2D eigenvalue weighted by atomic mass is 16.1. The van der Waals surface area contributed by atoms with E-state index < -0.39 is 0 Å². The van der Waals surface area contributed by atoms with Crippen molar-refractivity contribution in [2.45, 2.75) is 6.54 Å². The molecule has 8 heteroatoms. The van der Waals surface area contributed by atoms with E-state index in [9.17, 15) is 4.79 Å². The Morgan fingerprint density at radius 2 is 1.96 bits per heavy atom. The molecule has 0 atom stereocenters. The van der Waals surface area contributed by atoms with Gasteiger partial charge < -0.3 is 5.32 Å². The second kappa shape index (κ2) is 7.20. The van der Waals surface area contributed by atoms with Crippen molar-refractivity contribution in [3.63, 3.8) is 0 Å². The molecule has 0 aliphatic rings. The standard InChI is InChI=1S/C19H17N7O/c1-25-18(22-23-24-25)16-4-2-5-17(12-16)21-19(27)15-8-6-14(7-9-15)13-26-11-3-10-20-26/h2-12H,13H2,1H3,(H,21,27). The average molecular weight is 359 g/mol. The summed E-state index contributed by atoms with van der Waals surface area (Å²) in [5, 5.41) is 18.5. The Hall–Kier alpha value is -3.81. The summed E-state index contributed by atoms with van der Waals surface area (Å²) in [5.74, 6) is 0.461. The Labute approximate surface area is 155 Å². The number of benzene rings is 2. The Kier molecular flexibility index (Phi) is 4.44. The van der Waals surface area contributed by atoms with E-state index in [0.29, 0.717) is 23.6 Å². The van der Waals surface area contributed by atoms with Crippen LogP contribution in [-0.4, -0.2) is 35.9 Å². The van der Waals surface area contributed by atoms with Gasteiger partial charge in [-0.05, 0) is 46.3 Å². The minimum Gasteiger partial charge on any atom is -0.322 e. The first-order valence-electron chi connectivity index (χ1n) is 8.39. The summed E-state index contributed by atoms with van der Waals surface area (Å²) in [4.78, 5) is 12.5. The first-order chi connectivity index (χ1) is 13.2. The molecule has 2 aromatic heterocycles. The number of amides is 1. The highest BCUT2D eigenvalue weighted by Gasteiger charge is 2.09. The number of hydrogen-bond donors (Lipinski definition) is 1. The van der Waals surface area contributed by atoms with E-state index in [2.05, 4.69) is 25.9 Å². The second-order valence-corrected chi connectivity index (χ2v) is 6.06. The summed E-state index contributed by atoms with van der Waals surface area (Å²) in [6.45, 7) is 0.669. The highest BCUT2D eigenvalue weighted by Crippen LogP contribution is 2.20. The first kappa shape index (κ1) is 16.6. The van der Waals surface area contributed by atoms with Crippen molar-refractivity contribution in [3.05, 3.63) is 78.1 Å². The molecule has 4 aromatic rings. The SMILES string of the molecule is Cn1nnnc1-c1cccc(NC(=O)c2ccc(Cn3cccn3)cc2)c1. The molecule has 0 fully saturated rings. The normalized spacial score (nSPS) is 10.7. The summed E-state index contributed by atoms with van der Waals surface area (Å²) in [6, 6.07) is 16.8. The predicted octanol–water partition coefficient (Wildman–Crippen LogP) is 2.37. The molecule has 0 saturated carbocycles. The number of aryl methyl sites for hydroxylation is 1. The third kappa shape index (κ3) is 3.74. The molecule has 0 aliphatic heterocycles. The summed E-state index contributed by atoms with van der Waals surface area (Å²) in [5.41, 5.74) is 3.17. The minimum atomic E-state index is -0.172. The lowest BCUT2D eigenvalue weighted by atomic mass is 10.1. The fourth-order valence-electron chi connectivity index (χ4n) is 2.76. The zero-order valence-corrected chi connectivity index (χ0v) is 14.6. The van der Waals surface area contributed by atoms with Gasteiger partial charge in [-0.25, -0.2) is 4.68 Å². The summed E-state index contributed by atoms with van der Waals surface area (Å²) in [6.07, 6.45) is 3.65. The number of anilines is 1. The molecular weight excluding hydrogens is 342 g/mol. The van der Waals surface area contributed by atoms with Gasteiger partial charge in [0.05, 0.1) is 6.54 Å². The molecule has 1 amide bonds. The van der Waals surface area contributed by atoms with Crippen LogP contribution >= 0.6 is 0 Å². The maximum Gasteiger partial charge on any atom is 0.255 e. The largest absolute Gasteiger partial charge is 0.322 e. The summed E-state index contributed by atoms with van der Waals surface area (Å²) in [7, 11) is 1.77. The van der Waals surface area contributed by atoms with E-state index in [1.54, 1.807) is 17.9 Å². The number of nitrogens with zero attached hydrogens (tertiary/aromatic N) is 6. The summed E-state index contributed by atoms with van der Waals surface area (Å²) < 4.78 is 3.42. The monoisotopic (exact) mass is 359 g/mol.